The van der Waals surface area contributed by atoms with Crippen LogP contribution in [0.4, 0.5) is 0 Å². The molecule has 0 radical (unpaired) electrons. The lowest BCUT2D eigenvalue weighted by Gasteiger charge is -2.29. The van der Waals surface area contributed by atoms with E-state index in [1.807, 2.05) is 0 Å². The molecule has 0 fully saturated rings. The van der Waals surface area contributed by atoms with Crippen LogP contribution < -0.4 is 0 Å². The number of carboxylic acids is 1. The van der Waals surface area contributed by atoms with Crippen LogP contribution >= 0.6 is 0 Å². The minimum Gasteiger partial charge on any atom is -0.481 e. The van der Waals surface area contributed by atoms with Gasteiger partial charge in [-0.05, 0) is 12.8 Å². The van der Waals surface area contributed by atoms with Crippen LogP contribution in [-0.4, -0.2) is 58.4 Å². The summed E-state index contributed by atoms with van der Waals surface area (Å²) in [5.41, 5.74) is -1.06. The fourth-order valence-corrected chi connectivity index (χ4v) is 1.88. The summed E-state index contributed by atoms with van der Waals surface area (Å²) >= 11 is 0. The molecule has 6 nitrogen and oxygen atoms in total. The fourth-order valence-electron chi connectivity index (χ4n) is 1.88. The Hall–Kier alpha value is -1.14. The Balaban J connectivity index is 4.80. The second-order valence-electron chi connectivity index (χ2n) is 4.30. The van der Waals surface area contributed by atoms with Crippen molar-refractivity contribution in [3.63, 3.8) is 0 Å². The van der Waals surface area contributed by atoms with Gasteiger partial charge in [0.1, 0.15) is 0 Å². The van der Waals surface area contributed by atoms with Gasteiger partial charge in [0.25, 0.3) is 0 Å². The third kappa shape index (κ3) is 4.27. The van der Waals surface area contributed by atoms with Crippen molar-refractivity contribution in [3.8, 4) is 0 Å². The van der Waals surface area contributed by atoms with E-state index in [4.69, 9.17) is 10.2 Å². The SMILES string of the molecule is CCC(CC)(CC(=O)N(CCO)CCO)C(=O)O. The number of carbonyl (C=O) groups is 2. The summed E-state index contributed by atoms with van der Waals surface area (Å²) in [4.78, 5) is 24.6. The largest absolute Gasteiger partial charge is 0.481 e. The Morgan fingerprint density at radius 2 is 1.50 bits per heavy atom. The molecule has 0 heterocycles. The number of aliphatic hydroxyl groups is 2. The molecule has 0 aromatic carbocycles. The minimum absolute atomic E-state index is 0.102. The number of hydrogen-bond acceptors (Lipinski definition) is 4. The lowest BCUT2D eigenvalue weighted by molar-refractivity contribution is -0.154. The van der Waals surface area contributed by atoms with E-state index >= 15 is 0 Å². The Morgan fingerprint density at radius 3 is 1.78 bits per heavy atom. The van der Waals surface area contributed by atoms with Crippen LogP contribution in [0.1, 0.15) is 33.1 Å². The normalized spacial score (nSPS) is 11.3. The van der Waals surface area contributed by atoms with Crippen molar-refractivity contribution >= 4 is 11.9 Å². The Kier molecular flexibility index (Phi) is 7.54. The number of aliphatic carboxylic acids is 1. The van der Waals surface area contributed by atoms with Crippen LogP contribution in [0.2, 0.25) is 0 Å². The van der Waals surface area contributed by atoms with Gasteiger partial charge in [0.2, 0.25) is 5.91 Å². The first kappa shape index (κ1) is 16.9. The smallest absolute Gasteiger partial charge is 0.310 e. The molecule has 0 aromatic heterocycles. The van der Waals surface area contributed by atoms with Crippen molar-refractivity contribution in [2.45, 2.75) is 33.1 Å². The first-order chi connectivity index (χ1) is 8.47. The maximum Gasteiger partial charge on any atom is 0.310 e. The van der Waals surface area contributed by atoms with Crippen molar-refractivity contribution in [3.05, 3.63) is 0 Å². The molecule has 0 bridgehead atoms. The second-order valence-corrected chi connectivity index (χ2v) is 4.30. The molecular weight excluding hydrogens is 238 g/mol. The van der Waals surface area contributed by atoms with Gasteiger partial charge < -0.3 is 20.2 Å². The van der Waals surface area contributed by atoms with Gasteiger partial charge in [-0.2, -0.15) is 0 Å². The molecule has 1 amide bonds. The zero-order chi connectivity index (χ0) is 14.2. The molecule has 106 valence electrons. The maximum absolute atomic E-state index is 12.0. The number of carbonyl (C=O) groups excluding carboxylic acids is 1. The highest BCUT2D eigenvalue weighted by molar-refractivity contribution is 5.85. The first-order valence-corrected chi connectivity index (χ1v) is 6.20. The monoisotopic (exact) mass is 261 g/mol. The van der Waals surface area contributed by atoms with Crippen LogP contribution in [0, 0.1) is 5.41 Å². The summed E-state index contributed by atoms with van der Waals surface area (Å²) in [6.07, 6.45) is 0.642. The molecule has 0 saturated carbocycles. The Labute approximate surface area is 107 Å². The molecule has 0 saturated heterocycles. The molecular formula is C12H23NO5. The summed E-state index contributed by atoms with van der Waals surface area (Å²) in [7, 11) is 0. The zero-order valence-corrected chi connectivity index (χ0v) is 11.1. The van der Waals surface area contributed by atoms with E-state index < -0.39 is 11.4 Å². The molecule has 0 atom stereocenters. The van der Waals surface area contributed by atoms with Gasteiger partial charge in [0.15, 0.2) is 0 Å². The van der Waals surface area contributed by atoms with Gasteiger partial charge >= 0.3 is 5.97 Å². The standard InChI is InChI=1S/C12H23NO5/c1-3-12(4-2,11(17)18)9-10(16)13(5-7-14)6-8-15/h14-15H,3-9H2,1-2H3,(H,17,18). The summed E-state index contributed by atoms with van der Waals surface area (Å²) in [6, 6.07) is 0. The van der Waals surface area contributed by atoms with Crippen molar-refractivity contribution in [2.24, 2.45) is 5.41 Å². The Morgan fingerprint density at radius 1 is 1.06 bits per heavy atom. The molecule has 0 unspecified atom stereocenters. The van der Waals surface area contributed by atoms with Crippen molar-refractivity contribution in [1.29, 1.82) is 0 Å². The number of nitrogens with zero attached hydrogens (tertiary/aromatic N) is 1. The Bertz CT molecular complexity index is 270. The van der Waals surface area contributed by atoms with Gasteiger partial charge in [-0.15, -0.1) is 0 Å². The van der Waals surface area contributed by atoms with E-state index in [1.54, 1.807) is 13.8 Å². The van der Waals surface area contributed by atoms with Crippen LogP contribution in [-0.2, 0) is 9.59 Å². The average Bonchev–Trinajstić information content (AvgIpc) is 2.35. The topological polar surface area (TPSA) is 98.1 Å². The maximum atomic E-state index is 12.0. The lowest BCUT2D eigenvalue weighted by Crippen LogP contribution is -2.41. The zero-order valence-electron chi connectivity index (χ0n) is 11.1. The van der Waals surface area contributed by atoms with Crippen LogP contribution in [0.5, 0.6) is 0 Å². The van der Waals surface area contributed by atoms with Gasteiger partial charge in [0, 0.05) is 19.5 Å². The molecule has 0 spiro atoms. The van der Waals surface area contributed by atoms with Crippen molar-refractivity contribution in [1.82, 2.24) is 4.90 Å². The molecule has 6 heteroatoms. The average molecular weight is 261 g/mol. The second kappa shape index (κ2) is 8.05. The summed E-state index contributed by atoms with van der Waals surface area (Å²) in [6.45, 7) is 3.31. The highest BCUT2D eigenvalue weighted by atomic mass is 16.4. The molecule has 0 aliphatic heterocycles. The lowest BCUT2D eigenvalue weighted by atomic mass is 9.79. The van der Waals surface area contributed by atoms with Gasteiger partial charge in [0.05, 0.1) is 18.6 Å². The molecule has 3 N–H and O–H groups in total. The number of carboxylic acid groups (broad SMARTS) is 1. The van der Waals surface area contributed by atoms with Gasteiger partial charge in [-0.3, -0.25) is 9.59 Å². The van der Waals surface area contributed by atoms with E-state index in [-0.39, 0.29) is 38.6 Å². The predicted octanol–water partition coefficient (Wildman–Crippen LogP) is 0.0807. The molecule has 0 aliphatic carbocycles. The van der Waals surface area contributed by atoms with E-state index in [2.05, 4.69) is 0 Å². The van der Waals surface area contributed by atoms with Gasteiger partial charge in [-0.1, -0.05) is 13.8 Å². The number of rotatable bonds is 9. The minimum atomic E-state index is -1.06. The highest BCUT2D eigenvalue weighted by Gasteiger charge is 2.38. The quantitative estimate of drug-likeness (QED) is 0.546. The molecule has 0 aromatic rings. The predicted molar refractivity (Wildman–Crippen MR) is 66.0 cm³/mol. The summed E-state index contributed by atoms with van der Waals surface area (Å²) < 4.78 is 0. The molecule has 0 aliphatic rings. The molecule has 18 heavy (non-hydrogen) atoms. The number of aliphatic hydroxyl groups excluding tert-OH is 2. The molecule has 0 rings (SSSR count). The number of amides is 1. The fraction of sp³-hybridized carbons (Fsp3) is 0.833. The third-order valence-corrected chi connectivity index (χ3v) is 3.39. The third-order valence-electron chi connectivity index (χ3n) is 3.39. The van der Waals surface area contributed by atoms with Crippen LogP contribution in [0.25, 0.3) is 0 Å². The van der Waals surface area contributed by atoms with E-state index in [0.717, 1.165) is 0 Å². The summed E-state index contributed by atoms with van der Waals surface area (Å²) in [5, 5.41) is 26.9. The van der Waals surface area contributed by atoms with E-state index in [1.165, 1.54) is 4.90 Å². The van der Waals surface area contributed by atoms with Crippen molar-refractivity contribution in [2.75, 3.05) is 26.3 Å². The van der Waals surface area contributed by atoms with Crippen molar-refractivity contribution < 1.29 is 24.9 Å². The first-order valence-electron chi connectivity index (χ1n) is 6.20. The van der Waals surface area contributed by atoms with Crippen LogP contribution in [0.3, 0.4) is 0 Å². The number of hydrogen-bond donors (Lipinski definition) is 3. The van der Waals surface area contributed by atoms with Crippen LogP contribution in [0.15, 0.2) is 0 Å². The summed E-state index contributed by atoms with van der Waals surface area (Å²) in [5.74, 6) is -1.32. The van der Waals surface area contributed by atoms with E-state index in [0.29, 0.717) is 12.8 Å². The van der Waals surface area contributed by atoms with E-state index in [9.17, 15) is 14.7 Å². The van der Waals surface area contributed by atoms with Gasteiger partial charge in [-0.25, -0.2) is 0 Å². The highest BCUT2D eigenvalue weighted by Crippen LogP contribution is 2.31.